The molecule has 0 spiro atoms. The molecule has 1 saturated heterocycles. The van der Waals surface area contributed by atoms with Gasteiger partial charge in [0.05, 0.1) is 12.2 Å². The van der Waals surface area contributed by atoms with E-state index in [4.69, 9.17) is 4.74 Å². The van der Waals surface area contributed by atoms with E-state index in [1.54, 1.807) is 0 Å². The largest absolute Gasteiger partial charge is 0.494 e. The summed E-state index contributed by atoms with van der Waals surface area (Å²) in [4.78, 5) is 0. The molecule has 2 unspecified atom stereocenters. The van der Waals surface area contributed by atoms with Crippen molar-refractivity contribution in [2.24, 2.45) is 0 Å². The summed E-state index contributed by atoms with van der Waals surface area (Å²) >= 11 is 1.83. The zero-order valence-corrected chi connectivity index (χ0v) is 12.5. The Balaban J connectivity index is 1.86. The summed E-state index contributed by atoms with van der Waals surface area (Å²) in [6.07, 6.45) is 0.890. The number of rotatable bonds is 6. The van der Waals surface area contributed by atoms with E-state index in [1.165, 1.54) is 5.56 Å². The first-order valence-electron chi connectivity index (χ1n) is 6.89. The van der Waals surface area contributed by atoms with Crippen LogP contribution in [0.25, 0.3) is 0 Å². The molecule has 2 atom stereocenters. The van der Waals surface area contributed by atoms with E-state index in [0.29, 0.717) is 13.2 Å². The molecular weight excluding hydrogens is 258 g/mol. The molecule has 0 radical (unpaired) electrons. The topological polar surface area (TPSA) is 41.5 Å². The average molecular weight is 281 g/mol. The molecule has 1 aromatic rings. The summed E-state index contributed by atoms with van der Waals surface area (Å²) in [7, 11) is 0. The van der Waals surface area contributed by atoms with E-state index in [0.717, 1.165) is 23.7 Å². The van der Waals surface area contributed by atoms with Gasteiger partial charge in [0.2, 0.25) is 0 Å². The van der Waals surface area contributed by atoms with Crippen molar-refractivity contribution in [3.63, 3.8) is 0 Å². The number of thioether (sulfide) groups is 1. The molecule has 1 aromatic carbocycles. The lowest BCUT2D eigenvalue weighted by Crippen LogP contribution is -2.41. The monoisotopic (exact) mass is 281 g/mol. The van der Waals surface area contributed by atoms with Gasteiger partial charge < -0.3 is 15.2 Å². The van der Waals surface area contributed by atoms with E-state index in [2.05, 4.69) is 24.4 Å². The van der Waals surface area contributed by atoms with Gasteiger partial charge in [-0.05, 0) is 43.7 Å². The number of benzene rings is 1. The van der Waals surface area contributed by atoms with Crippen molar-refractivity contribution in [1.29, 1.82) is 0 Å². The Hall–Kier alpha value is -0.710. The number of hydrogen-bond donors (Lipinski definition) is 2. The number of hydrogen-bond acceptors (Lipinski definition) is 4. The summed E-state index contributed by atoms with van der Waals surface area (Å²) in [6.45, 7) is 5.46. The Kier molecular flexibility index (Phi) is 5.13. The maximum Gasteiger partial charge on any atom is 0.119 e. The van der Waals surface area contributed by atoms with Crippen molar-refractivity contribution in [2.75, 3.05) is 24.7 Å². The zero-order chi connectivity index (χ0) is 13.7. The molecule has 2 rings (SSSR count). The van der Waals surface area contributed by atoms with Crippen LogP contribution in [0.1, 0.15) is 31.9 Å². The molecule has 0 aromatic heterocycles. The van der Waals surface area contributed by atoms with E-state index >= 15 is 0 Å². The van der Waals surface area contributed by atoms with Gasteiger partial charge >= 0.3 is 0 Å². The van der Waals surface area contributed by atoms with Crippen LogP contribution in [0.4, 0.5) is 0 Å². The lowest BCUT2D eigenvalue weighted by atomic mass is 10.0. The highest BCUT2D eigenvalue weighted by atomic mass is 32.2. The molecule has 0 saturated carbocycles. The average Bonchev–Trinajstić information content (AvgIpc) is 2.85. The highest BCUT2D eigenvalue weighted by Gasteiger charge is 2.31. The van der Waals surface area contributed by atoms with Gasteiger partial charge in [0, 0.05) is 18.3 Å². The molecule has 106 valence electrons. The summed E-state index contributed by atoms with van der Waals surface area (Å²) in [6, 6.07) is 8.39. The standard InChI is InChI=1S/C15H23NO2S/c1-3-18-14-6-4-13(5-7-14)12(2)16-10-15(17)8-9-19-11-15/h4-7,12,16-17H,3,8-11H2,1-2H3. The fraction of sp³-hybridized carbons (Fsp3) is 0.600. The molecular formula is C15H23NO2S. The van der Waals surface area contributed by atoms with Crippen LogP contribution in [0.3, 0.4) is 0 Å². The first-order chi connectivity index (χ1) is 9.13. The molecule has 0 bridgehead atoms. The molecule has 4 heteroatoms. The Bertz CT molecular complexity index is 388. The Morgan fingerprint density at radius 1 is 1.42 bits per heavy atom. The number of ether oxygens (including phenoxy) is 1. The molecule has 1 aliphatic rings. The van der Waals surface area contributed by atoms with Gasteiger partial charge in [-0.3, -0.25) is 0 Å². The summed E-state index contributed by atoms with van der Waals surface area (Å²) < 4.78 is 5.43. The minimum absolute atomic E-state index is 0.241. The minimum atomic E-state index is -0.524. The van der Waals surface area contributed by atoms with Crippen LogP contribution in [0.2, 0.25) is 0 Å². The zero-order valence-electron chi connectivity index (χ0n) is 11.7. The second-order valence-corrected chi connectivity index (χ2v) is 6.24. The van der Waals surface area contributed by atoms with Crippen molar-refractivity contribution in [2.45, 2.75) is 31.9 Å². The van der Waals surface area contributed by atoms with E-state index in [-0.39, 0.29) is 6.04 Å². The van der Waals surface area contributed by atoms with Crippen LogP contribution in [0, 0.1) is 0 Å². The van der Waals surface area contributed by atoms with E-state index in [1.807, 2.05) is 30.8 Å². The van der Waals surface area contributed by atoms with Gasteiger partial charge in [-0.1, -0.05) is 12.1 Å². The number of nitrogens with one attached hydrogen (secondary N) is 1. The van der Waals surface area contributed by atoms with Gasteiger partial charge in [-0.2, -0.15) is 11.8 Å². The quantitative estimate of drug-likeness (QED) is 0.841. The molecule has 1 aliphatic heterocycles. The fourth-order valence-electron chi connectivity index (χ4n) is 2.22. The molecule has 3 nitrogen and oxygen atoms in total. The Labute approximate surface area is 119 Å². The van der Waals surface area contributed by atoms with Gasteiger partial charge in [-0.25, -0.2) is 0 Å². The third-order valence-electron chi connectivity index (χ3n) is 3.51. The third-order valence-corrected chi connectivity index (χ3v) is 4.75. The lowest BCUT2D eigenvalue weighted by Gasteiger charge is -2.24. The minimum Gasteiger partial charge on any atom is -0.494 e. The fourth-order valence-corrected chi connectivity index (χ4v) is 3.51. The van der Waals surface area contributed by atoms with Crippen molar-refractivity contribution in [1.82, 2.24) is 5.32 Å². The molecule has 0 aliphatic carbocycles. The molecule has 19 heavy (non-hydrogen) atoms. The van der Waals surface area contributed by atoms with E-state index < -0.39 is 5.60 Å². The van der Waals surface area contributed by atoms with Crippen LogP contribution < -0.4 is 10.1 Å². The smallest absolute Gasteiger partial charge is 0.119 e. The maximum absolute atomic E-state index is 10.3. The number of aliphatic hydroxyl groups is 1. The SMILES string of the molecule is CCOc1ccc(C(C)NCC2(O)CCSC2)cc1. The Morgan fingerprint density at radius 3 is 2.74 bits per heavy atom. The van der Waals surface area contributed by atoms with Crippen molar-refractivity contribution in [3.8, 4) is 5.75 Å². The first kappa shape index (κ1) is 14.7. The summed E-state index contributed by atoms with van der Waals surface area (Å²) in [5.74, 6) is 2.82. The van der Waals surface area contributed by atoms with Gasteiger partial charge in [-0.15, -0.1) is 0 Å². The summed E-state index contributed by atoms with van der Waals surface area (Å²) in [5.41, 5.74) is 0.696. The van der Waals surface area contributed by atoms with Crippen molar-refractivity contribution in [3.05, 3.63) is 29.8 Å². The highest BCUT2D eigenvalue weighted by molar-refractivity contribution is 7.99. The van der Waals surface area contributed by atoms with Crippen molar-refractivity contribution >= 4 is 11.8 Å². The van der Waals surface area contributed by atoms with Gasteiger partial charge in [0.15, 0.2) is 0 Å². The molecule has 2 N–H and O–H groups in total. The Morgan fingerprint density at radius 2 is 2.16 bits per heavy atom. The molecule has 1 heterocycles. The van der Waals surface area contributed by atoms with Crippen molar-refractivity contribution < 1.29 is 9.84 Å². The maximum atomic E-state index is 10.3. The predicted octanol–water partition coefficient (Wildman–Crippen LogP) is 2.60. The normalized spacial score (nSPS) is 24.4. The van der Waals surface area contributed by atoms with Crippen LogP contribution in [-0.4, -0.2) is 35.4 Å². The van der Waals surface area contributed by atoms with Crippen LogP contribution in [0.15, 0.2) is 24.3 Å². The summed E-state index contributed by atoms with van der Waals surface area (Å²) in [5, 5.41) is 13.7. The van der Waals surface area contributed by atoms with E-state index in [9.17, 15) is 5.11 Å². The van der Waals surface area contributed by atoms with Gasteiger partial charge in [0.1, 0.15) is 5.75 Å². The van der Waals surface area contributed by atoms with Crippen LogP contribution >= 0.6 is 11.8 Å². The third kappa shape index (κ3) is 4.13. The molecule has 1 fully saturated rings. The molecule has 0 amide bonds. The predicted molar refractivity (Wildman–Crippen MR) is 80.9 cm³/mol. The second-order valence-electron chi connectivity index (χ2n) is 5.13. The van der Waals surface area contributed by atoms with Gasteiger partial charge in [0.25, 0.3) is 0 Å². The first-order valence-corrected chi connectivity index (χ1v) is 8.05. The highest BCUT2D eigenvalue weighted by Crippen LogP contribution is 2.28. The van der Waals surface area contributed by atoms with Crippen LogP contribution in [-0.2, 0) is 0 Å². The van der Waals surface area contributed by atoms with Crippen LogP contribution in [0.5, 0.6) is 5.75 Å². The second kappa shape index (κ2) is 6.64. The lowest BCUT2D eigenvalue weighted by molar-refractivity contribution is 0.0651.